The van der Waals surface area contributed by atoms with Gasteiger partial charge >= 0.3 is 0 Å². The molecule has 0 amide bonds. The fourth-order valence-electron chi connectivity index (χ4n) is 4.13. The van der Waals surface area contributed by atoms with Crippen molar-refractivity contribution in [2.45, 2.75) is 13.3 Å². The largest absolute Gasteiger partial charge is 0.343 e. The lowest BCUT2D eigenvalue weighted by Gasteiger charge is -2.04. The van der Waals surface area contributed by atoms with Crippen molar-refractivity contribution in [3.8, 4) is 17.3 Å². The summed E-state index contributed by atoms with van der Waals surface area (Å²) in [4.78, 5) is 26.7. The minimum atomic E-state index is -0.273. The summed E-state index contributed by atoms with van der Waals surface area (Å²) in [6, 6.07) is 17.0. The standard InChI is InChI=1S/C26H17ClN2O2S/c1-3-15-8-18-19(11-21(15)27)26(31)20(25(18)30)9-17-10-23-24(32-17)12-22(29(23)2)16-6-4-14(13-28)5-7-16/h4-12H,3H2,1-2H3/b20-9-. The molecule has 0 atom stereocenters. The number of fused-ring (bicyclic) bond motifs is 2. The third-order valence-corrected chi connectivity index (χ3v) is 7.26. The number of thiophene rings is 1. The van der Waals surface area contributed by atoms with Gasteiger partial charge in [0.2, 0.25) is 0 Å². The second-order valence-corrected chi connectivity index (χ2v) is 9.26. The predicted octanol–water partition coefficient (Wildman–Crippen LogP) is 6.46. The van der Waals surface area contributed by atoms with E-state index in [0.29, 0.717) is 28.1 Å². The van der Waals surface area contributed by atoms with Crippen LogP contribution in [0.4, 0.5) is 0 Å². The van der Waals surface area contributed by atoms with Crippen LogP contribution >= 0.6 is 22.9 Å². The van der Waals surface area contributed by atoms with E-state index in [1.165, 1.54) is 11.3 Å². The maximum absolute atomic E-state index is 12.9. The number of hydrogen-bond acceptors (Lipinski definition) is 4. The average Bonchev–Trinajstić information content (AvgIpc) is 3.41. The van der Waals surface area contributed by atoms with E-state index in [4.69, 9.17) is 16.9 Å². The number of aromatic nitrogens is 1. The van der Waals surface area contributed by atoms with Gasteiger partial charge in [-0.25, -0.2) is 0 Å². The zero-order chi connectivity index (χ0) is 22.6. The van der Waals surface area contributed by atoms with Crippen LogP contribution in [0.1, 0.15) is 43.6 Å². The molecule has 0 fully saturated rings. The van der Waals surface area contributed by atoms with Gasteiger partial charge in [0.25, 0.3) is 0 Å². The monoisotopic (exact) mass is 456 g/mol. The molecule has 2 aromatic heterocycles. The molecule has 32 heavy (non-hydrogen) atoms. The summed E-state index contributed by atoms with van der Waals surface area (Å²) in [5.74, 6) is -0.516. The van der Waals surface area contributed by atoms with Crippen molar-refractivity contribution in [1.82, 2.24) is 4.57 Å². The van der Waals surface area contributed by atoms with Gasteiger partial charge in [-0.15, -0.1) is 11.3 Å². The topological polar surface area (TPSA) is 62.9 Å². The number of nitrogens with zero attached hydrogens (tertiary/aromatic N) is 2. The fraction of sp³-hybridized carbons (Fsp3) is 0.115. The molecule has 0 radical (unpaired) electrons. The molecule has 1 aliphatic carbocycles. The van der Waals surface area contributed by atoms with Gasteiger partial charge in [-0.3, -0.25) is 9.59 Å². The molecule has 0 bridgehead atoms. The molecule has 0 saturated heterocycles. The molecule has 0 aliphatic heterocycles. The number of aryl methyl sites for hydroxylation is 2. The van der Waals surface area contributed by atoms with Crippen molar-refractivity contribution in [3.05, 3.63) is 86.3 Å². The van der Waals surface area contributed by atoms with Crippen LogP contribution in [-0.2, 0) is 13.5 Å². The number of allylic oxidation sites excluding steroid dienone is 1. The summed E-state index contributed by atoms with van der Waals surface area (Å²) in [5, 5.41) is 9.52. The van der Waals surface area contributed by atoms with Crippen LogP contribution in [0, 0.1) is 11.3 Å². The molecule has 5 rings (SSSR count). The first kappa shape index (κ1) is 20.4. The van der Waals surface area contributed by atoms with Crippen molar-refractivity contribution in [3.63, 3.8) is 0 Å². The highest BCUT2D eigenvalue weighted by atomic mass is 35.5. The summed E-state index contributed by atoms with van der Waals surface area (Å²) in [6.45, 7) is 1.97. The third kappa shape index (κ3) is 3.12. The van der Waals surface area contributed by atoms with Crippen LogP contribution in [0.2, 0.25) is 5.02 Å². The third-order valence-electron chi connectivity index (χ3n) is 5.89. The Hall–Kier alpha value is -3.46. The van der Waals surface area contributed by atoms with Crippen molar-refractivity contribution >= 4 is 50.8 Å². The Morgan fingerprint density at radius 3 is 2.38 bits per heavy atom. The lowest BCUT2D eigenvalue weighted by molar-refractivity contribution is 0.0990. The highest BCUT2D eigenvalue weighted by Gasteiger charge is 2.34. The van der Waals surface area contributed by atoms with E-state index in [9.17, 15) is 9.59 Å². The second-order valence-electron chi connectivity index (χ2n) is 7.74. The van der Waals surface area contributed by atoms with E-state index < -0.39 is 0 Å². The second kappa shape index (κ2) is 7.59. The number of benzene rings is 2. The van der Waals surface area contributed by atoms with E-state index in [-0.39, 0.29) is 17.1 Å². The van der Waals surface area contributed by atoms with Crippen molar-refractivity contribution in [2.75, 3.05) is 0 Å². The molecular formula is C26H17ClN2O2S. The zero-order valence-corrected chi connectivity index (χ0v) is 19.0. The average molecular weight is 457 g/mol. The molecule has 4 nitrogen and oxygen atoms in total. The van der Waals surface area contributed by atoms with Gasteiger partial charge in [0.15, 0.2) is 11.6 Å². The SMILES string of the molecule is CCc1cc2c(cc1Cl)C(=O)/C(=C\c1cc3c(cc(-c4ccc(C#N)cc4)n3C)s1)C2=O. The summed E-state index contributed by atoms with van der Waals surface area (Å²) in [5.41, 5.74) is 5.57. The lowest BCUT2D eigenvalue weighted by atomic mass is 10.0. The van der Waals surface area contributed by atoms with E-state index in [1.807, 2.05) is 32.2 Å². The van der Waals surface area contributed by atoms with Crippen LogP contribution in [0.25, 0.3) is 27.6 Å². The number of halogens is 1. The normalized spacial score (nSPS) is 14.4. The predicted molar refractivity (Wildman–Crippen MR) is 128 cm³/mol. The van der Waals surface area contributed by atoms with Gasteiger partial charge in [0.1, 0.15) is 0 Å². The first-order valence-electron chi connectivity index (χ1n) is 10.1. The Balaban J connectivity index is 1.52. The van der Waals surface area contributed by atoms with E-state index in [2.05, 4.69) is 16.7 Å². The van der Waals surface area contributed by atoms with Gasteiger partial charge in [-0.2, -0.15) is 5.26 Å². The maximum atomic E-state index is 12.9. The fourth-order valence-corrected chi connectivity index (χ4v) is 5.50. The zero-order valence-electron chi connectivity index (χ0n) is 17.4. The number of ketones is 2. The van der Waals surface area contributed by atoms with Crippen LogP contribution in [-0.4, -0.2) is 16.1 Å². The Bertz CT molecular complexity index is 1510. The molecule has 1 aliphatic rings. The van der Waals surface area contributed by atoms with Crippen molar-refractivity contribution in [1.29, 1.82) is 5.26 Å². The van der Waals surface area contributed by atoms with Gasteiger partial charge < -0.3 is 4.57 Å². The summed E-state index contributed by atoms with van der Waals surface area (Å²) in [6.07, 6.45) is 2.39. The Morgan fingerprint density at radius 1 is 1.06 bits per heavy atom. The molecular weight excluding hydrogens is 440 g/mol. The Labute approximate surface area is 194 Å². The molecule has 0 N–H and O–H groups in total. The lowest BCUT2D eigenvalue weighted by Crippen LogP contribution is -1.99. The number of hydrogen-bond donors (Lipinski definition) is 0. The van der Waals surface area contributed by atoms with Gasteiger partial charge in [-0.05, 0) is 60.0 Å². The molecule has 2 aromatic carbocycles. The summed E-state index contributed by atoms with van der Waals surface area (Å²) < 4.78 is 3.14. The van der Waals surface area contributed by atoms with Crippen LogP contribution in [0.15, 0.2) is 54.1 Å². The molecule has 4 aromatic rings. The van der Waals surface area contributed by atoms with E-state index in [0.717, 1.165) is 31.9 Å². The van der Waals surface area contributed by atoms with Crippen molar-refractivity contribution < 1.29 is 9.59 Å². The highest BCUT2D eigenvalue weighted by molar-refractivity contribution is 7.19. The number of carbonyl (C=O) groups excluding carboxylic acids is 2. The highest BCUT2D eigenvalue weighted by Crippen LogP contribution is 2.37. The summed E-state index contributed by atoms with van der Waals surface area (Å²) >= 11 is 7.80. The Morgan fingerprint density at radius 2 is 1.75 bits per heavy atom. The van der Waals surface area contributed by atoms with Gasteiger partial charge in [0.05, 0.1) is 27.4 Å². The molecule has 0 saturated carbocycles. The minimum absolute atomic E-state index is 0.184. The number of Topliss-reactive ketones (excluding diaryl/α,β-unsaturated/α-hetero) is 2. The van der Waals surface area contributed by atoms with Crippen LogP contribution < -0.4 is 0 Å². The van der Waals surface area contributed by atoms with Crippen LogP contribution in [0.3, 0.4) is 0 Å². The number of nitriles is 1. The number of rotatable bonds is 3. The first-order chi connectivity index (χ1) is 15.4. The Kier molecular flexibility index (Phi) is 4.85. The first-order valence-corrected chi connectivity index (χ1v) is 11.3. The summed E-state index contributed by atoms with van der Waals surface area (Å²) in [7, 11) is 1.98. The molecule has 2 heterocycles. The molecule has 0 unspecified atom stereocenters. The molecule has 156 valence electrons. The van der Waals surface area contributed by atoms with Crippen LogP contribution in [0.5, 0.6) is 0 Å². The van der Waals surface area contributed by atoms with E-state index >= 15 is 0 Å². The molecule has 6 heteroatoms. The quantitative estimate of drug-likeness (QED) is 0.262. The van der Waals surface area contributed by atoms with Gasteiger partial charge in [0, 0.05) is 33.8 Å². The minimum Gasteiger partial charge on any atom is -0.343 e. The van der Waals surface area contributed by atoms with E-state index in [1.54, 1.807) is 30.3 Å². The van der Waals surface area contributed by atoms with Crippen molar-refractivity contribution in [2.24, 2.45) is 7.05 Å². The maximum Gasteiger partial charge on any atom is 0.197 e. The number of carbonyl (C=O) groups is 2. The smallest absolute Gasteiger partial charge is 0.197 e. The molecule has 0 spiro atoms. The van der Waals surface area contributed by atoms with Gasteiger partial charge in [-0.1, -0.05) is 30.7 Å².